The summed E-state index contributed by atoms with van der Waals surface area (Å²) in [7, 11) is 1.16. The van der Waals surface area contributed by atoms with Gasteiger partial charge in [0.15, 0.2) is 6.10 Å². The standard InChI is InChI=1S/C47H90NO8P/c1-6-8-10-12-14-16-18-20-22-23-24-25-26-28-30-32-34-36-38-40-47(50)56-45(44-55-57(51,52)54-42-41-48(3,4)5)43-53-46(49)39-37-35-33-31-29-27-21-19-17-15-13-11-9-7-2/h19,21,23-24,45H,6-18,20,22,25-44H2,1-5H3/b21-19-,24-23-/t45-/m1/s1. The number of ether oxygens (including phenoxy) is 2. The summed E-state index contributed by atoms with van der Waals surface area (Å²) >= 11 is 0. The molecule has 336 valence electrons. The molecule has 0 saturated carbocycles. The molecule has 1 unspecified atom stereocenters. The Morgan fingerprint density at radius 1 is 0.526 bits per heavy atom. The van der Waals surface area contributed by atoms with E-state index in [4.69, 9.17) is 18.5 Å². The van der Waals surface area contributed by atoms with Gasteiger partial charge in [-0.05, 0) is 64.2 Å². The lowest BCUT2D eigenvalue weighted by atomic mass is 10.1. The zero-order chi connectivity index (χ0) is 42.1. The third kappa shape index (κ3) is 43.9. The number of allylic oxidation sites excluding steroid dienone is 4. The van der Waals surface area contributed by atoms with Gasteiger partial charge in [0, 0.05) is 12.8 Å². The summed E-state index contributed by atoms with van der Waals surface area (Å²) in [6.07, 6.45) is 43.4. The van der Waals surface area contributed by atoms with Gasteiger partial charge in [-0.15, -0.1) is 0 Å². The lowest BCUT2D eigenvalue weighted by Crippen LogP contribution is -2.37. The monoisotopic (exact) mass is 828 g/mol. The van der Waals surface area contributed by atoms with Crippen LogP contribution in [0.4, 0.5) is 0 Å². The molecule has 0 aliphatic rings. The summed E-state index contributed by atoms with van der Waals surface area (Å²) in [5.74, 6) is -0.843. The molecule has 57 heavy (non-hydrogen) atoms. The number of rotatable bonds is 43. The molecule has 0 spiro atoms. The quantitative estimate of drug-likeness (QED) is 0.0196. The largest absolute Gasteiger partial charge is 0.756 e. The zero-order valence-electron chi connectivity index (χ0n) is 37.8. The Hall–Kier alpha value is -1.51. The van der Waals surface area contributed by atoms with Crippen molar-refractivity contribution >= 4 is 19.8 Å². The second-order valence-corrected chi connectivity index (χ2v) is 18.5. The minimum Gasteiger partial charge on any atom is -0.756 e. The molecule has 10 heteroatoms. The Labute approximate surface area is 351 Å². The Bertz CT molecular complexity index is 1030. The zero-order valence-corrected chi connectivity index (χ0v) is 38.7. The van der Waals surface area contributed by atoms with Crippen LogP contribution in [-0.4, -0.2) is 70.0 Å². The maximum Gasteiger partial charge on any atom is 0.306 e. The van der Waals surface area contributed by atoms with Crippen molar-refractivity contribution in [1.29, 1.82) is 0 Å². The van der Waals surface area contributed by atoms with Crippen LogP contribution in [0.15, 0.2) is 24.3 Å². The molecule has 0 aromatic heterocycles. The van der Waals surface area contributed by atoms with Gasteiger partial charge in [0.05, 0.1) is 27.7 Å². The summed E-state index contributed by atoms with van der Waals surface area (Å²) in [6.45, 7) is 4.22. The van der Waals surface area contributed by atoms with Crippen LogP contribution in [0.1, 0.15) is 213 Å². The molecular formula is C47H90NO8P. The highest BCUT2D eigenvalue weighted by atomic mass is 31.2. The summed E-state index contributed by atoms with van der Waals surface area (Å²) < 4.78 is 33.9. The number of phosphoric acid groups is 1. The van der Waals surface area contributed by atoms with Crippen LogP contribution >= 0.6 is 7.82 Å². The lowest BCUT2D eigenvalue weighted by molar-refractivity contribution is -0.870. The molecule has 0 amide bonds. The van der Waals surface area contributed by atoms with Gasteiger partial charge in [-0.3, -0.25) is 14.2 Å². The van der Waals surface area contributed by atoms with Gasteiger partial charge < -0.3 is 27.9 Å². The van der Waals surface area contributed by atoms with E-state index in [1.807, 2.05) is 21.1 Å². The highest BCUT2D eigenvalue weighted by Crippen LogP contribution is 2.38. The van der Waals surface area contributed by atoms with E-state index in [2.05, 4.69) is 38.2 Å². The van der Waals surface area contributed by atoms with Crippen LogP contribution in [0.3, 0.4) is 0 Å². The van der Waals surface area contributed by atoms with E-state index in [0.29, 0.717) is 17.4 Å². The van der Waals surface area contributed by atoms with E-state index in [1.54, 1.807) is 0 Å². The van der Waals surface area contributed by atoms with Crippen molar-refractivity contribution in [2.45, 2.75) is 219 Å². The maximum absolute atomic E-state index is 12.7. The van der Waals surface area contributed by atoms with Crippen LogP contribution in [-0.2, 0) is 32.7 Å². The molecule has 0 aromatic rings. The molecule has 9 nitrogen and oxygen atoms in total. The average molecular weight is 828 g/mol. The first-order valence-corrected chi connectivity index (χ1v) is 25.0. The maximum atomic E-state index is 12.7. The van der Waals surface area contributed by atoms with Gasteiger partial charge in [-0.1, -0.05) is 160 Å². The van der Waals surface area contributed by atoms with E-state index in [1.165, 1.54) is 116 Å². The van der Waals surface area contributed by atoms with Crippen molar-refractivity contribution in [1.82, 2.24) is 0 Å². The first-order valence-electron chi connectivity index (χ1n) is 23.5. The minimum atomic E-state index is -4.63. The van der Waals surface area contributed by atoms with E-state index in [9.17, 15) is 19.0 Å². The first-order chi connectivity index (χ1) is 27.5. The van der Waals surface area contributed by atoms with E-state index >= 15 is 0 Å². The second-order valence-electron chi connectivity index (χ2n) is 17.1. The van der Waals surface area contributed by atoms with Crippen molar-refractivity contribution in [3.05, 3.63) is 24.3 Å². The number of hydrogen-bond donors (Lipinski definition) is 0. The molecular weight excluding hydrogens is 737 g/mol. The van der Waals surface area contributed by atoms with Gasteiger partial charge in [-0.2, -0.15) is 0 Å². The molecule has 2 atom stereocenters. The highest BCUT2D eigenvalue weighted by molar-refractivity contribution is 7.45. The average Bonchev–Trinajstić information content (AvgIpc) is 3.16. The van der Waals surface area contributed by atoms with Gasteiger partial charge in [0.25, 0.3) is 7.82 Å². The number of nitrogens with zero attached hydrogens (tertiary/aromatic N) is 1. The fourth-order valence-corrected chi connectivity index (χ4v) is 7.20. The predicted octanol–water partition coefficient (Wildman–Crippen LogP) is 12.9. The number of esters is 2. The number of likely N-dealkylation sites (N-methyl/N-ethyl adjacent to an activating group) is 1. The fraction of sp³-hybridized carbons (Fsp3) is 0.872. The van der Waals surface area contributed by atoms with Gasteiger partial charge in [0.1, 0.15) is 19.8 Å². The summed E-state index contributed by atoms with van der Waals surface area (Å²) in [4.78, 5) is 37.6. The van der Waals surface area contributed by atoms with Crippen molar-refractivity contribution in [2.24, 2.45) is 0 Å². The van der Waals surface area contributed by atoms with Gasteiger partial charge in [-0.25, -0.2) is 0 Å². The van der Waals surface area contributed by atoms with E-state index in [0.717, 1.165) is 64.2 Å². The summed E-state index contributed by atoms with van der Waals surface area (Å²) in [5, 5.41) is 0. The molecule has 0 radical (unpaired) electrons. The summed E-state index contributed by atoms with van der Waals surface area (Å²) in [5.41, 5.74) is 0. The highest BCUT2D eigenvalue weighted by Gasteiger charge is 2.21. The predicted molar refractivity (Wildman–Crippen MR) is 236 cm³/mol. The van der Waals surface area contributed by atoms with Crippen LogP contribution in [0.25, 0.3) is 0 Å². The summed E-state index contributed by atoms with van der Waals surface area (Å²) in [6, 6.07) is 0. The van der Waals surface area contributed by atoms with Crippen LogP contribution in [0, 0.1) is 0 Å². The molecule has 0 aliphatic heterocycles. The SMILES string of the molecule is CCCCCCC/C=C\CCCCCCCC(=O)OC[C@H](COP(=O)([O-])OCC[N+](C)(C)C)OC(=O)CCCCCCCCC/C=C\CCCCCCCCCC. The Morgan fingerprint density at radius 2 is 0.895 bits per heavy atom. The van der Waals surface area contributed by atoms with Crippen LogP contribution in [0.5, 0.6) is 0 Å². The van der Waals surface area contributed by atoms with Crippen molar-refractivity contribution in [2.75, 3.05) is 47.5 Å². The number of carbonyl (C=O) groups excluding carboxylic acids is 2. The van der Waals surface area contributed by atoms with Gasteiger partial charge >= 0.3 is 11.9 Å². The van der Waals surface area contributed by atoms with Gasteiger partial charge in [0.2, 0.25) is 0 Å². The smallest absolute Gasteiger partial charge is 0.306 e. The van der Waals surface area contributed by atoms with E-state index < -0.39 is 32.5 Å². The third-order valence-corrected chi connectivity index (χ3v) is 11.2. The van der Waals surface area contributed by atoms with Crippen LogP contribution in [0.2, 0.25) is 0 Å². The number of quaternary nitrogens is 1. The van der Waals surface area contributed by atoms with Crippen molar-refractivity contribution in [3.63, 3.8) is 0 Å². The number of unbranched alkanes of at least 4 members (excludes halogenated alkanes) is 25. The molecule has 0 aromatic carbocycles. The molecule has 0 N–H and O–H groups in total. The minimum absolute atomic E-state index is 0.0317. The molecule has 0 heterocycles. The normalized spacial score (nSPS) is 13.7. The fourth-order valence-electron chi connectivity index (χ4n) is 6.47. The Morgan fingerprint density at radius 3 is 1.30 bits per heavy atom. The molecule has 0 rings (SSSR count). The Kier molecular flexibility index (Phi) is 38.9. The van der Waals surface area contributed by atoms with Crippen molar-refractivity contribution < 1.29 is 42.1 Å². The Balaban J connectivity index is 4.31. The third-order valence-electron chi connectivity index (χ3n) is 10.2. The molecule has 0 fully saturated rings. The van der Waals surface area contributed by atoms with Crippen LogP contribution < -0.4 is 4.89 Å². The molecule has 0 saturated heterocycles. The number of carbonyl (C=O) groups is 2. The molecule has 0 aliphatic carbocycles. The molecule has 0 bridgehead atoms. The second kappa shape index (κ2) is 39.9. The van der Waals surface area contributed by atoms with E-state index in [-0.39, 0.29) is 26.1 Å². The van der Waals surface area contributed by atoms with Crippen molar-refractivity contribution in [3.8, 4) is 0 Å². The number of phosphoric ester groups is 1. The topological polar surface area (TPSA) is 111 Å². The number of hydrogen-bond acceptors (Lipinski definition) is 8. The lowest BCUT2D eigenvalue weighted by Gasteiger charge is -2.28. The first kappa shape index (κ1) is 55.5.